The van der Waals surface area contributed by atoms with E-state index in [0.717, 1.165) is 23.9 Å². The van der Waals surface area contributed by atoms with E-state index < -0.39 is 0 Å². The summed E-state index contributed by atoms with van der Waals surface area (Å²) in [5.41, 5.74) is 0. The van der Waals surface area contributed by atoms with Crippen LogP contribution in [-0.2, 0) is 0 Å². The Kier molecular flexibility index (Phi) is 4.21. The monoisotopic (exact) mass is 361 g/mol. The van der Waals surface area contributed by atoms with Gasteiger partial charge < -0.3 is 24.0 Å². The first-order valence-electron chi connectivity index (χ1n) is 7.90. The van der Waals surface area contributed by atoms with Crippen LogP contribution < -0.4 is 24.0 Å². The summed E-state index contributed by atoms with van der Waals surface area (Å²) < 4.78 is 0. The molecule has 4 aliphatic rings. The highest BCUT2D eigenvalue weighted by atomic mass is 127. The molecular formula is C15H26IN2-. The lowest BCUT2D eigenvalue weighted by Gasteiger charge is -2.57. The van der Waals surface area contributed by atoms with E-state index >= 15 is 0 Å². The Morgan fingerprint density at radius 3 is 1.67 bits per heavy atom. The van der Waals surface area contributed by atoms with E-state index in [9.17, 15) is 0 Å². The predicted octanol–water partition coefficient (Wildman–Crippen LogP) is -0.651. The van der Waals surface area contributed by atoms with Crippen LogP contribution in [0.2, 0.25) is 0 Å². The predicted molar refractivity (Wildman–Crippen MR) is 70.0 cm³/mol. The molecule has 4 fully saturated rings. The Balaban J connectivity index is 0.000001000. The van der Waals surface area contributed by atoms with E-state index in [1.807, 2.05) is 0 Å². The molecule has 0 amide bonds. The number of halogens is 1. The lowest BCUT2D eigenvalue weighted by Crippen LogP contribution is -3.00. The van der Waals surface area contributed by atoms with Gasteiger partial charge in [-0.15, -0.1) is 0 Å². The molecule has 0 aromatic rings. The minimum atomic E-state index is 0. The van der Waals surface area contributed by atoms with Crippen molar-refractivity contribution in [2.45, 2.75) is 57.0 Å². The molecule has 4 atom stereocenters. The van der Waals surface area contributed by atoms with Gasteiger partial charge >= 0.3 is 0 Å². The summed E-state index contributed by atoms with van der Waals surface area (Å²) >= 11 is 0. The molecule has 104 valence electrons. The lowest BCUT2D eigenvalue weighted by atomic mass is 9.71. The largest absolute Gasteiger partial charge is 1.00 e. The van der Waals surface area contributed by atoms with Crippen LogP contribution >= 0.6 is 0 Å². The van der Waals surface area contributed by atoms with Crippen LogP contribution in [0.1, 0.15) is 44.9 Å². The van der Waals surface area contributed by atoms with Crippen LogP contribution in [0.4, 0.5) is 0 Å². The second-order valence-electron chi connectivity index (χ2n) is 6.87. The molecule has 0 N–H and O–H groups in total. The van der Waals surface area contributed by atoms with Gasteiger partial charge in [-0.1, -0.05) is 12.8 Å². The molecule has 4 aliphatic heterocycles. The lowest BCUT2D eigenvalue weighted by molar-refractivity contribution is -0.0718. The number of rotatable bonds is 0. The molecule has 0 aromatic heterocycles. The highest BCUT2D eigenvalue weighted by molar-refractivity contribution is 5.00. The van der Waals surface area contributed by atoms with Gasteiger partial charge in [0.1, 0.15) is 0 Å². The van der Waals surface area contributed by atoms with Gasteiger partial charge in [0, 0.05) is 25.2 Å². The smallest absolute Gasteiger partial charge is 0.0136 e. The molecule has 18 heavy (non-hydrogen) atoms. The second kappa shape index (κ2) is 5.57. The van der Waals surface area contributed by atoms with E-state index in [0.29, 0.717) is 0 Å². The van der Waals surface area contributed by atoms with Crippen molar-refractivity contribution in [1.29, 1.82) is 0 Å². The minimum absolute atomic E-state index is 0. The summed E-state index contributed by atoms with van der Waals surface area (Å²) in [6.07, 6.45) is 10.5. The molecule has 3 heteroatoms. The zero-order valence-corrected chi connectivity index (χ0v) is 13.5. The van der Waals surface area contributed by atoms with Crippen molar-refractivity contribution in [3.05, 3.63) is 0 Å². The van der Waals surface area contributed by atoms with Gasteiger partial charge in [-0.2, -0.15) is 0 Å². The molecular weight excluding hydrogens is 335 g/mol. The van der Waals surface area contributed by atoms with Gasteiger partial charge in [0.25, 0.3) is 0 Å². The van der Waals surface area contributed by atoms with Crippen molar-refractivity contribution in [2.75, 3.05) is 26.2 Å². The van der Waals surface area contributed by atoms with Crippen LogP contribution in [0.3, 0.4) is 0 Å². The first-order chi connectivity index (χ1) is 8.42. The summed E-state index contributed by atoms with van der Waals surface area (Å²) in [7, 11) is 0. The fourth-order valence-corrected chi connectivity index (χ4v) is 5.25. The van der Waals surface area contributed by atoms with Gasteiger partial charge in [-0.05, 0) is 57.0 Å². The summed E-state index contributed by atoms with van der Waals surface area (Å²) in [4.78, 5) is 5.74. The van der Waals surface area contributed by atoms with Gasteiger partial charge in [-0.25, -0.2) is 0 Å². The number of hydrogen-bond donors (Lipinski definition) is 0. The fraction of sp³-hybridized carbons (Fsp3) is 1.00. The van der Waals surface area contributed by atoms with Crippen LogP contribution in [-0.4, -0.2) is 48.1 Å². The number of piperidine rings is 4. The summed E-state index contributed by atoms with van der Waals surface area (Å²) in [6.45, 7) is 5.68. The van der Waals surface area contributed by atoms with E-state index in [-0.39, 0.29) is 24.0 Å². The zero-order valence-electron chi connectivity index (χ0n) is 11.4. The van der Waals surface area contributed by atoms with Crippen molar-refractivity contribution >= 4 is 0 Å². The maximum atomic E-state index is 2.87. The molecule has 0 aromatic carbocycles. The van der Waals surface area contributed by atoms with Crippen LogP contribution in [0.5, 0.6) is 0 Å². The molecule has 4 saturated heterocycles. The Labute approximate surface area is 128 Å². The summed E-state index contributed by atoms with van der Waals surface area (Å²) in [5.74, 6) is 2.03. The molecule has 4 rings (SSSR count). The van der Waals surface area contributed by atoms with Gasteiger partial charge in [0.15, 0.2) is 0 Å². The summed E-state index contributed by atoms with van der Waals surface area (Å²) in [5, 5.41) is 0. The highest BCUT2D eigenvalue weighted by Crippen LogP contribution is 2.42. The molecule has 0 aliphatic carbocycles. The van der Waals surface area contributed by atoms with Crippen LogP contribution in [0, 0.1) is 11.8 Å². The van der Waals surface area contributed by atoms with Gasteiger partial charge in [0.05, 0.1) is 0 Å². The Bertz CT molecular complexity index is 268. The third-order valence-electron chi connectivity index (χ3n) is 5.96. The topological polar surface area (TPSA) is 6.48 Å². The number of nitrogens with zero attached hydrogens (tertiary/aromatic N) is 2. The first kappa shape index (κ1) is 13.6. The highest BCUT2D eigenvalue weighted by Gasteiger charge is 2.46. The van der Waals surface area contributed by atoms with E-state index in [1.54, 1.807) is 6.42 Å². The van der Waals surface area contributed by atoms with E-state index in [4.69, 9.17) is 0 Å². The van der Waals surface area contributed by atoms with Crippen molar-refractivity contribution in [1.82, 2.24) is 9.80 Å². The molecule has 2 bridgehead atoms. The van der Waals surface area contributed by atoms with Crippen molar-refractivity contribution < 1.29 is 24.0 Å². The quantitative estimate of drug-likeness (QED) is 0.529. The standard InChI is InChI=1S/C15H26N2.HI/c1-3-7-16-11-13-9-12(14(16)5-1)10-17-8-4-2-6-15(13)17;/h12-15H,1-11H2;1H/p-1. The molecule has 4 heterocycles. The third-order valence-corrected chi connectivity index (χ3v) is 5.96. The second-order valence-corrected chi connectivity index (χ2v) is 6.87. The van der Waals surface area contributed by atoms with Crippen LogP contribution in [0.15, 0.2) is 0 Å². The maximum Gasteiger partial charge on any atom is 0.0136 e. The molecule has 0 saturated carbocycles. The number of fused-ring (bicyclic) bond motifs is 6. The first-order valence-corrected chi connectivity index (χ1v) is 7.90. The SMILES string of the molecule is C1CCN2CC3CC(CN4CCCCC34)C2C1.[I-]. The Morgan fingerprint density at radius 1 is 0.667 bits per heavy atom. The average molecular weight is 361 g/mol. The zero-order chi connectivity index (χ0) is 11.2. The Hall–Kier alpha value is 0.650. The van der Waals surface area contributed by atoms with Crippen molar-refractivity contribution in [2.24, 2.45) is 11.8 Å². The minimum Gasteiger partial charge on any atom is -1.00 e. The fourth-order valence-electron chi connectivity index (χ4n) is 5.25. The number of hydrogen-bond acceptors (Lipinski definition) is 2. The molecule has 0 radical (unpaired) electrons. The third kappa shape index (κ3) is 2.24. The molecule has 2 nitrogen and oxygen atoms in total. The maximum absolute atomic E-state index is 2.87. The molecule has 4 unspecified atom stereocenters. The molecule has 0 spiro atoms. The van der Waals surface area contributed by atoms with E-state index in [1.165, 1.54) is 64.7 Å². The normalized spacial score (nSPS) is 44.7. The van der Waals surface area contributed by atoms with Crippen molar-refractivity contribution in [3.63, 3.8) is 0 Å². The van der Waals surface area contributed by atoms with Crippen LogP contribution in [0.25, 0.3) is 0 Å². The average Bonchev–Trinajstić information content (AvgIpc) is 2.39. The Morgan fingerprint density at radius 2 is 1.17 bits per heavy atom. The van der Waals surface area contributed by atoms with Gasteiger partial charge in [-0.3, -0.25) is 9.80 Å². The van der Waals surface area contributed by atoms with E-state index in [2.05, 4.69) is 9.80 Å². The van der Waals surface area contributed by atoms with Gasteiger partial charge in [0.2, 0.25) is 0 Å². The van der Waals surface area contributed by atoms with Crippen molar-refractivity contribution in [3.8, 4) is 0 Å². The summed E-state index contributed by atoms with van der Waals surface area (Å²) in [6, 6.07) is 1.92.